The Labute approximate surface area is 95.2 Å². The maximum absolute atomic E-state index is 11.9. The van der Waals surface area contributed by atoms with Crippen molar-refractivity contribution in [2.45, 2.75) is 13.0 Å². The Hall–Kier alpha value is -1.55. The lowest BCUT2D eigenvalue weighted by molar-refractivity contribution is 0.0222. The molecule has 1 aliphatic rings. The van der Waals surface area contributed by atoms with E-state index >= 15 is 0 Å². The number of rotatable bonds is 1. The minimum absolute atomic E-state index is 0.0537. The molecule has 1 aromatic rings. The number of ether oxygens (including phenoxy) is 1. The summed E-state index contributed by atoms with van der Waals surface area (Å²) in [4.78, 5) is 13.7. The fourth-order valence-electron chi connectivity index (χ4n) is 1.75. The number of nitrogens with zero attached hydrogens (tertiary/aromatic N) is 1. The van der Waals surface area contributed by atoms with E-state index in [1.807, 2.05) is 37.3 Å². The second kappa shape index (κ2) is 4.99. The van der Waals surface area contributed by atoms with Crippen molar-refractivity contribution < 1.29 is 9.53 Å². The molecule has 2 rings (SSSR count). The predicted molar refractivity (Wildman–Crippen MR) is 62.4 cm³/mol. The van der Waals surface area contributed by atoms with Crippen LogP contribution in [-0.4, -0.2) is 36.7 Å². The number of carbonyl (C=O) groups is 1. The summed E-state index contributed by atoms with van der Waals surface area (Å²) in [6, 6.07) is 9.56. The van der Waals surface area contributed by atoms with Gasteiger partial charge in [-0.05, 0) is 19.1 Å². The molecule has 1 fully saturated rings. The minimum Gasteiger partial charge on any atom is -0.377 e. The van der Waals surface area contributed by atoms with Gasteiger partial charge in [0.05, 0.1) is 19.3 Å². The van der Waals surface area contributed by atoms with Gasteiger partial charge in [0.1, 0.15) is 0 Å². The normalized spacial score (nSPS) is 20.6. The van der Waals surface area contributed by atoms with E-state index in [0.717, 1.165) is 5.69 Å². The van der Waals surface area contributed by atoms with Crippen LogP contribution in [0.2, 0.25) is 0 Å². The van der Waals surface area contributed by atoms with E-state index in [4.69, 9.17) is 4.74 Å². The Morgan fingerprint density at radius 2 is 2.19 bits per heavy atom. The van der Waals surface area contributed by atoms with Crippen molar-refractivity contribution >= 4 is 11.7 Å². The maximum Gasteiger partial charge on any atom is 0.322 e. The summed E-state index contributed by atoms with van der Waals surface area (Å²) in [5, 5.41) is 2.87. The van der Waals surface area contributed by atoms with Crippen LogP contribution in [0.25, 0.3) is 0 Å². The monoisotopic (exact) mass is 220 g/mol. The molecule has 0 spiro atoms. The first-order chi connectivity index (χ1) is 7.77. The summed E-state index contributed by atoms with van der Waals surface area (Å²) in [5.41, 5.74) is 0.825. The molecule has 1 saturated heterocycles. The lowest BCUT2D eigenvalue weighted by Gasteiger charge is -2.33. The number of hydrogen-bond acceptors (Lipinski definition) is 2. The summed E-state index contributed by atoms with van der Waals surface area (Å²) in [6.07, 6.45) is 0. The van der Waals surface area contributed by atoms with Crippen LogP contribution < -0.4 is 5.32 Å². The molecule has 1 N–H and O–H groups in total. The van der Waals surface area contributed by atoms with Crippen LogP contribution in [0.1, 0.15) is 6.92 Å². The van der Waals surface area contributed by atoms with Crippen LogP contribution in [0.3, 0.4) is 0 Å². The third-order valence-corrected chi connectivity index (χ3v) is 2.65. The molecular weight excluding hydrogens is 204 g/mol. The van der Waals surface area contributed by atoms with Gasteiger partial charge in [0.15, 0.2) is 0 Å². The van der Waals surface area contributed by atoms with E-state index in [9.17, 15) is 4.79 Å². The van der Waals surface area contributed by atoms with Crippen LogP contribution in [-0.2, 0) is 4.74 Å². The minimum atomic E-state index is -0.0537. The quantitative estimate of drug-likeness (QED) is 0.785. The van der Waals surface area contributed by atoms with Gasteiger partial charge >= 0.3 is 6.03 Å². The topological polar surface area (TPSA) is 41.6 Å². The molecule has 4 nitrogen and oxygen atoms in total. The van der Waals surface area contributed by atoms with Crippen LogP contribution in [0.4, 0.5) is 10.5 Å². The van der Waals surface area contributed by atoms with Crippen molar-refractivity contribution in [3.8, 4) is 0 Å². The SMILES string of the molecule is C[C@H]1COCCN1C(=O)Nc1ccccc1. The highest BCUT2D eigenvalue weighted by Gasteiger charge is 2.23. The van der Waals surface area contributed by atoms with Crippen LogP contribution >= 0.6 is 0 Å². The summed E-state index contributed by atoms with van der Waals surface area (Å²) in [7, 11) is 0. The second-order valence-corrected chi connectivity index (χ2v) is 3.91. The molecule has 0 aromatic heterocycles. The van der Waals surface area contributed by atoms with E-state index in [2.05, 4.69) is 5.32 Å². The van der Waals surface area contributed by atoms with E-state index in [1.54, 1.807) is 4.90 Å². The van der Waals surface area contributed by atoms with Crippen molar-refractivity contribution in [1.82, 2.24) is 4.90 Å². The molecule has 86 valence electrons. The largest absolute Gasteiger partial charge is 0.377 e. The van der Waals surface area contributed by atoms with Gasteiger partial charge in [0.2, 0.25) is 0 Å². The van der Waals surface area contributed by atoms with E-state index in [-0.39, 0.29) is 12.1 Å². The number of anilines is 1. The number of carbonyl (C=O) groups excluding carboxylic acids is 1. The lowest BCUT2D eigenvalue weighted by atomic mass is 10.2. The second-order valence-electron chi connectivity index (χ2n) is 3.91. The van der Waals surface area contributed by atoms with E-state index < -0.39 is 0 Å². The fourth-order valence-corrected chi connectivity index (χ4v) is 1.75. The Morgan fingerprint density at radius 3 is 2.88 bits per heavy atom. The summed E-state index contributed by atoms with van der Waals surface area (Å²) in [5.74, 6) is 0. The van der Waals surface area contributed by atoms with Crippen molar-refractivity contribution in [3.63, 3.8) is 0 Å². The molecule has 1 aromatic carbocycles. The van der Waals surface area contributed by atoms with Gasteiger partial charge in [0.25, 0.3) is 0 Å². The van der Waals surface area contributed by atoms with E-state index in [1.165, 1.54) is 0 Å². The van der Waals surface area contributed by atoms with Crippen molar-refractivity contribution in [3.05, 3.63) is 30.3 Å². The first kappa shape index (κ1) is 11.0. The number of hydrogen-bond donors (Lipinski definition) is 1. The molecule has 1 aliphatic heterocycles. The van der Waals surface area contributed by atoms with Gasteiger partial charge in [-0.1, -0.05) is 18.2 Å². The van der Waals surface area contributed by atoms with Crippen molar-refractivity contribution in [2.75, 3.05) is 25.1 Å². The van der Waals surface area contributed by atoms with Crippen LogP contribution in [0.15, 0.2) is 30.3 Å². The summed E-state index contributed by atoms with van der Waals surface area (Å²) in [6.45, 7) is 3.87. The predicted octanol–water partition coefficient (Wildman–Crippen LogP) is 1.94. The van der Waals surface area contributed by atoms with Gasteiger partial charge in [-0.2, -0.15) is 0 Å². The molecule has 0 bridgehead atoms. The van der Waals surface area contributed by atoms with Gasteiger partial charge in [-0.25, -0.2) is 4.79 Å². The molecule has 0 aliphatic carbocycles. The molecule has 1 atom stereocenters. The van der Waals surface area contributed by atoms with Gasteiger partial charge < -0.3 is 15.0 Å². The first-order valence-electron chi connectivity index (χ1n) is 5.48. The summed E-state index contributed by atoms with van der Waals surface area (Å²) >= 11 is 0. The standard InChI is InChI=1S/C12H16N2O2/c1-10-9-16-8-7-14(10)12(15)13-11-5-3-2-4-6-11/h2-6,10H,7-9H2,1H3,(H,13,15)/t10-/m0/s1. The highest BCUT2D eigenvalue weighted by atomic mass is 16.5. The number of morpholine rings is 1. The number of para-hydroxylation sites is 1. The average Bonchev–Trinajstić information content (AvgIpc) is 2.31. The Kier molecular flexibility index (Phi) is 3.41. The number of urea groups is 1. The molecule has 2 amide bonds. The molecule has 0 saturated carbocycles. The van der Waals surface area contributed by atoms with Gasteiger partial charge in [0, 0.05) is 12.2 Å². The van der Waals surface area contributed by atoms with Gasteiger partial charge in [-0.3, -0.25) is 0 Å². The molecule has 1 heterocycles. The highest BCUT2D eigenvalue weighted by molar-refractivity contribution is 5.89. The van der Waals surface area contributed by atoms with Crippen LogP contribution in [0.5, 0.6) is 0 Å². The van der Waals surface area contributed by atoms with Crippen molar-refractivity contribution in [2.24, 2.45) is 0 Å². The molecule has 0 unspecified atom stereocenters. The number of amides is 2. The third kappa shape index (κ3) is 2.52. The zero-order chi connectivity index (χ0) is 11.4. The highest BCUT2D eigenvalue weighted by Crippen LogP contribution is 2.11. The van der Waals surface area contributed by atoms with Crippen molar-refractivity contribution in [1.29, 1.82) is 0 Å². The average molecular weight is 220 g/mol. The number of nitrogens with one attached hydrogen (secondary N) is 1. The zero-order valence-electron chi connectivity index (χ0n) is 9.35. The third-order valence-electron chi connectivity index (χ3n) is 2.65. The Bertz CT molecular complexity index is 353. The smallest absolute Gasteiger partial charge is 0.322 e. The molecule has 4 heteroatoms. The van der Waals surface area contributed by atoms with Crippen LogP contribution in [0, 0.1) is 0 Å². The zero-order valence-corrected chi connectivity index (χ0v) is 9.35. The first-order valence-corrected chi connectivity index (χ1v) is 5.48. The molecule has 16 heavy (non-hydrogen) atoms. The molecule has 0 radical (unpaired) electrons. The fraction of sp³-hybridized carbons (Fsp3) is 0.417. The Morgan fingerprint density at radius 1 is 1.44 bits per heavy atom. The summed E-state index contributed by atoms with van der Waals surface area (Å²) < 4.78 is 5.29. The maximum atomic E-state index is 11.9. The lowest BCUT2D eigenvalue weighted by Crippen LogP contribution is -2.48. The van der Waals surface area contributed by atoms with Gasteiger partial charge in [-0.15, -0.1) is 0 Å². The van der Waals surface area contributed by atoms with E-state index in [0.29, 0.717) is 19.8 Å². The number of benzene rings is 1. The molecular formula is C12H16N2O2. The Balaban J connectivity index is 1.97.